The third-order valence-electron chi connectivity index (χ3n) is 3.92. The first-order chi connectivity index (χ1) is 9.70. The minimum absolute atomic E-state index is 0.121. The van der Waals surface area contributed by atoms with Crippen LogP contribution in [0.5, 0.6) is 0 Å². The molecule has 0 aromatic carbocycles. The van der Waals surface area contributed by atoms with Gasteiger partial charge in [-0.3, -0.25) is 4.79 Å². The summed E-state index contributed by atoms with van der Waals surface area (Å²) in [6.07, 6.45) is 9.20. The third-order valence-corrected chi connectivity index (χ3v) is 4.22. The first kappa shape index (κ1) is 15.1. The summed E-state index contributed by atoms with van der Waals surface area (Å²) in [7, 11) is 1.76. The molecule has 0 radical (unpaired) electrons. The SMILES string of the molecule is CNc1cc(C(=O)NCCC2CCCCC2)c(Cl)cn1. The van der Waals surface area contributed by atoms with E-state index in [4.69, 9.17) is 11.6 Å². The summed E-state index contributed by atoms with van der Waals surface area (Å²) in [6, 6.07) is 1.68. The Hall–Kier alpha value is -1.29. The molecule has 0 saturated heterocycles. The van der Waals surface area contributed by atoms with Crippen LogP contribution in [0.15, 0.2) is 12.3 Å². The minimum atomic E-state index is -0.121. The number of pyridine rings is 1. The van der Waals surface area contributed by atoms with Gasteiger partial charge in [-0.2, -0.15) is 0 Å². The number of nitrogens with zero attached hydrogens (tertiary/aromatic N) is 1. The lowest BCUT2D eigenvalue weighted by molar-refractivity contribution is 0.0950. The van der Waals surface area contributed by atoms with Crippen molar-refractivity contribution in [3.8, 4) is 0 Å². The number of carbonyl (C=O) groups excluding carboxylic acids is 1. The molecule has 0 unspecified atom stereocenters. The first-order valence-electron chi connectivity index (χ1n) is 7.32. The molecule has 0 aliphatic heterocycles. The molecule has 1 heterocycles. The zero-order chi connectivity index (χ0) is 14.4. The van der Waals surface area contributed by atoms with Gasteiger partial charge in [0.05, 0.1) is 10.6 Å². The molecule has 2 rings (SSSR count). The van der Waals surface area contributed by atoms with E-state index in [-0.39, 0.29) is 5.91 Å². The van der Waals surface area contributed by atoms with Gasteiger partial charge < -0.3 is 10.6 Å². The molecule has 4 nitrogen and oxygen atoms in total. The van der Waals surface area contributed by atoms with E-state index >= 15 is 0 Å². The van der Waals surface area contributed by atoms with E-state index in [1.165, 1.54) is 38.3 Å². The van der Waals surface area contributed by atoms with Crippen LogP contribution in [-0.2, 0) is 0 Å². The number of anilines is 1. The van der Waals surface area contributed by atoms with E-state index in [9.17, 15) is 4.79 Å². The number of nitrogens with one attached hydrogen (secondary N) is 2. The Morgan fingerprint density at radius 1 is 1.40 bits per heavy atom. The Morgan fingerprint density at radius 2 is 2.15 bits per heavy atom. The molecule has 1 amide bonds. The lowest BCUT2D eigenvalue weighted by Crippen LogP contribution is -2.26. The van der Waals surface area contributed by atoms with E-state index in [0.29, 0.717) is 16.4 Å². The number of rotatable bonds is 5. The highest BCUT2D eigenvalue weighted by Gasteiger charge is 2.15. The predicted octanol–water partition coefficient (Wildman–Crippen LogP) is 3.48. The highest BCUT2D eigenvalue weighted by molar-refractivity contribution is 6.33. The highest BCUT2D eigenvalue weighted by atomic mass is 35.5. The number of amides is 1. The molecule has 1 aliphatic carbocycles. The van der Waals surface area contributed by atoms with Crippen molar-refractivity contribution in [3.63, 3.8) is 0 Å². The maximum atomic E-state index is 12.1. The van der Waals surface area contributed by atoms with Crippen molar-refractivity contribution in [1.29, 1.82) is 0 Å². The Balaban J connectivity index is 1.84. The van der Waals surface area contributed by atoms with Crippen LogP contribution in [0.2, 0.25) is 5.02 Å². The molecule has 0 bridgehead atoms. The van der Waals surface area contributed by atoms with Crippen LogP contribution in [0.4, 0.5) is 5.82 Å². The van der Waals surface area contributed by atoms with Gasteiger partial charge in [-0.1, -0.05) is 43.7 Å². The second-order valence-corrected chi connectivity index (χ2v) is 5.76. The topological polar surface area (TPSA) is 54.0 Å². The van der Waals surface area contributed by atoms with E-state index < -0.39 is 0 Å². The van der Waals surface area contributed by atoms with Gasteiger partial charge in [0.2, 0.25) is 0 Å². The molecule has 1 aromatic heterocycles. The molecular weight excluding hydrogens is 274 g/mol. The average Bonchev–Trinajstić information content (AvgIpc) is 2.48. The van der Waals surface area contributed by atoms with Crippen molar-refractivity contribution in [2.45, 2.75) is 38.5 Å². The molecule has 110 valence electrons. The van der Waals surface area contributed by atoms with Gasteiger partial charge in [-0.15, -0.1) is 0 Å². The summed E-state index contributed by atoms with van der Waals surface area (Å²) in [4.78, 5) is 16.2. The van der Waals surface area contributed by atoms with Gasteiger partial charge >= 0.3 is 0 Å². The molecule has 1 aromatic rings. The summed E-state index contributed by atoms with van der Waals surface area (Å²) in [6.45, 7) is 0.719. The summed E-state index contributed by atoms with van der Waals surface area (Å²) < 4.78 is 0. The smallest absolute Gasteiger partial charge is 0.252 e. The zero-order valence-electron chi connectivity index (χ0n) is 11.9. The van der Waals surface area contributed by atoms with E-state index in [1.54, 1.807) is 13.1 Å². The molecule has 1 fully saturated rings. The Kier molecular flexibility index (Phi) is 5.65. The number of hydrogen-bond donors (Lipinski definition) is 2. The lowest BCUT2D eigenvalue weighted by Gasteiger charge is -2.21. The number of halogens is 1. The maximum absolute atomic E-state index is 12.1. The minimum Gasteiger partial charge on any atom is -0.373 e. The van der Waals surface area contributed by atoms with Crippen LogP contribution in [0.1, 0.15) is 48.9 Å². The maximum Gasteiger partial charge on any atom is 0.252 e. The van der Waals surface area contributed by atoms with Crippen molar-refractivity contribution < 1.29 is 4.79 Å². The largest absolute Gasteiger partial charge is 0.373 e. The molecule has 1 saturated carbocycles. The van der Waals surface area contributed by atoms with E-state index in [0.717, 1.165) is 18.9 Å². The van der Waals surface area contributed by atoms with Crippen molar-refractivity contribution in [2.24, 2.45) is 5.92 Å². The normalized spacial score (nSPS) is 15.9. The number of aromatic nitrogens is 1. The van der Waals surface area contributed by atoms with Gasteiger partial charge in [0.15, 0.2) is 0 Å². The van der Waals surface area contributed by atoms with E-state index in [1.807, 2.05) is 0 Å². The molecular formula is C15H22ClN3O. The standard InChI is InChI=1S/C15H22ClN3O/c1-17-14-9-12(13(16)10-19-14)15(20)18-8-7-11-5-3-2-4-6-11/h9-11H,2-8H2,1H3,(H,17,19)(H,18,20). The fourth-order valence-electron chi connectivity index (χ4n) is 2.71. The van der Waals surface area contributed by atoms with Crippen LogP contribution in [0, 0.1) is 5.92 Å². The Labute approximate surface area is 125 Å². The van der Waals surface area contributed by atoms with Gasteiger partial charge in [0, 0.05) is 19.8 Å². The highest BCUT2D eigenvalue weighted by Crippen LogP contribution is 2.25. The van der Waals surface area contributed by atoms with Crippen LogP contribution in [0.25, 0.3) is 0 Å². The van der Waals surface area contributed by atoms with Crippen LogP contribution >= 0.6 is 11.6 Å². The fourth-order valence-corrected chi connectivity index (χ4v) is 2.90. The Bertz CT molecular complexity index is 458. The van der Waals surface area contributed by atoms with Crippen LogP contribution in [-0.4, -0.2) is 24.5 Å². The second-order valence-electron chi connectivity index (χ2n) is 5.35. The van der Waals surface area contributed by atoms with Crippen molar-refractivity contribution >= 4 is 23.3 Å². The average molecular weight is 296 g/mol. The van der Waals surface area contributed by atoms with Crippen molar-refractivity contribution in [3.05, 3.63) is 22.8 Å². The van der Waals surface area contributed by atoms with Crippen LogP contribution in [0.3, 0.4) is 0 Å². The summed E-state index contributed by atoms with van der Waals surface area (Å²) in [5.41, 5.74) is 0.481. The lowest BCUT2D eigenvalue weighted by atomic mass is 9.87. The van der Waals surface area contributed by atoms with Crippen LogP contribution < -0.4 is 10.6 Å². The predicted molar refractivity (Wildman–Crippen MR) is 82.3 cm³/mol. The Morgan fingerprint density at radius 3 is 2.85 bits per heavy atom. The monoisotopic (exact) mass is 295 g/mol. The molecule has 1 aliphatic rings. The summed E-state index contributed by atoms with van der Waals surface area (Å²) >= 11 is 6.02. The quantitative estimate of drug-likeness (QED) is 0.874. The third kappa shape index (κ3) is 4.10. The summed E-state index contributed by atoms with van der Waals surface area (Å²) in [5.74, 6) is 1.29. The van der Waals surface area contributed by atoms with Gasteiger partial charge in [-0.25, -0.2) is 4.98 Å². The zero-order valence-corrected chi connectivity index (χ0v) is 12.7. The van der Waals surface area contributed by atoms with Crippen molar-refractivity contribution in [1.82, 2.24) is 10.3 Å². The molecule has 2 N–H and O–H groups in total. The van der Waals surface area contributed by atoms with Gasteiger partial charge in [0.25, 0.3) is 5.91 Å². The van der Waals surface area contributed by atoms with E-state index in [2.05, 4.69) is 15.6 Å². The van der Waals surface area contributed by atoms with Gasteiger partial charge in [-0.05, 0) is 18.4 Å². The molecule has 20 heavy (non-hydrogen) atoms. The first-order valence-corrected chi connectivity index (χ1v) is 7.70. The van der Waals surface area contributed by atoms with Crippen molar-refractivity contribution in [2.75, 3.05) is 18.9 Å². The van der Waals surface area contributed by atoms with Gasteiger partial charge in [0.1, 0.15) is 5.82 Å². The fraction of sp³-hybridized carbons (Fsp3) is 0.600. The molecule has 5 heteroatoms. The molecule has 0 atom stereocenters. The molecule has 0 spiro atoms. The number of hydrogen-bond acceptors (Lipinski definition) is 3. The second kappa shape index (κ2) is 7.48. The number of carbonyl (C=O) groups is 1. The summed E-state index contributed by atoms with van der Waals surface area (Å²) in [5, 5.41) is 6.26.